The molecular formula is C18H14BrN3O5. The Bertz CT molecular complexity index is 954. The predicted octanol–water partition coefficient (Wildman–Crippen LogP) is 3.38. The number of halogens is 1. The molecule has 9 heteroatoms. The summed E-state index contributed by atoms with van der Waals surface area (Å²) in [5.41, 5.74) is 0.128. The average Bonchev–Trinajstić information content (AvgIpc) is 3.14. The Hall–Kier alpha value is -2.96. The van der Waals surface area contributed by atoms with Crippen molar-refractivity contribution in [1.29, 1.82) is 5.26 Å². The summed E-state index contributed by atoms with van der Waals surface area (Å²) >= 11 is 3.21. The largest absolute Gasteiger partial charge is 0.456 e. The monoisotopic (exact) mass is 431 g/mol. The van der Waals surface area contributed by atoms with Crippen molar-refractivity contribution in [2.24, 2.45) is 0 Å². The first-order valence-electron chi connectivity index (χ1n) is 8.02. The van der Waals surface area contributed by atoms with Crippen LogP contribution in [0.5, 0.6) is 0 Å². The summed E-state index contributed by atoms with van der Waals surface area (Å²) < 4.78 is 11.4. The smallest absolute Gasteiger partial charge is 0.281 e. The quantitative estimate of drug-likeness (QED) is 0.317. The summed E-state index contributed by atoms with van der Waals surface area (Å²) in [5, 5.41) is 20.6. The lowest BCUT2D eigenvalue weighted by molar-refractivity contribution is -0.384. The van der Waals surface area contributed by atoms with Crippen LogP contribution >= 0.6 is 15.9 Å². The summed E-state index contributed by atoms with van der Waals surface area (Å²) in [6.07, 6.45) is 1.34. The summed E-state index contributed by atoms with van der Waals surface area (Å²) in [6.45, 7) is 1.71. The van der Waals surface area contributed by atoms with Gasteiger partial charge >= 0.3 is 0 Å². The van der Waals surface area contributed by atoms with Crippen LogP contribution in [0.2, 0.25) is 0 Å². The molecule has 0 radical (unpaired) electrons. The minimum Gasteiger partial charge on any atom is -0.456 e. The first kappa shape index (κ1) is 18.8. The lowest BCUT2D eigenvalue weighted by atomic mass is 10.1. The maximum Gasteiger partial charge on any atom is 0.281 e. The van der Waals surface area contributed by atoms with Gasteiger partial charge in [-0.3, -0.25) is 14.9 Å². The molecule has 0 spiro atoms. The molecule has 138 valence electrons. The number of morpholine rings is 1. The van der Waals surface area contributed by atoms with E-state index in [0.29, 0.717) is 36.3 Å². The molecule has 2 heterocycles. The number of nitriles is 1. The second-order valence-corrected chi connectivity index (χ2v) is 6.61. The fraction of sp³-hybridized carbons (Fsp3) is 0.222. The van der Waals surface area contributed by atoms with Gasteiger partial charge in [0.1, 0.15) is 23.2 Å². The van der Waals surface area contributed by atoms with E-state index in [9.17, 15) is 20.2 Å². The topological polar surface area (TPSA) is 110 Å². The Kier molecular flexibility index (Phi) is 5.69. The first-order valence-corrected chi connectivity index (χ1v) is 8.82. The molecule has 2 aromatic rings. The third-order valence-corrected chi connectivity index (χ3v) is 4.48. The van der Waals surface area contributed by atoms with E-state index < -0.39 is 10.8 Å². The van der Waals surface area contributed by atoms with Crippen LogP contribution in [0, 0.1) is 21.4 Å². The minimum atomic E-state index is -0.499. The molecule has 0 saturated carbocycles. The number of hydrogen-bond acceptors (Lipinski definition) is 6. The van der Waals surface area contributed by atoms with Crippen molar-refractivity contribution in [3.63, 3.8) is 0 Å². The normalized spacial score (nSPS) is 14.7. The Balaban J connectivity index is 1.89. The number of rotatable bonds is 4. The Labute approximate surface area is 162 Å². The third kappa shape index (κ3) is 4.24. The van der Waals surface area contributed by atoms with E-state index in [1.54, 1.807) is 29.2 Å². The van der Waals surface area contributed by atoms with Gasteiger partial charge < -0.3 is 14.1 Å². The molecule has 27 heavy (non-hydrogen) atoms. The van der Waals surface area contributed by atoms with Gasteiger partial charge in [0.05, 0.1) is 23.7 Å². The fourth-order valence-corrected chi connectivity index (χ4v) is 3.01. The number of hydrogen-bond donors (Lipinski definition) is 0. The number of benzene rings is 1. The van der Waals surface area contributed by atoms with Gasteiger partial charge in [0.2, 0.25) is 0 Å². The zero-order chi connectivity index (χ0) is 19.4. The molecule has 1 aliphatic rings. The van der Waals surface area contributed by atoms with Gasteiger partial charge in [0.25, 0.3) is 11.6 Å². The minimum absolute atomic E-state index is 0.0666. The Morgan fingerprint density at radius 2 is 2.04 bits per heavy atom. The maximum absolute atomic E-state index is 12.4. The number of ether oxygens (including phenoxy) is 1. The van der Waals surface area contributed by atoms with Gasteiger partial charge in [-0.05, 0) is 24.3 Å². The summed E-state index contributed by atoms with van der Waals surface area (Å²) in [7, 11) is 0. The summed E-state index contributed by atoms with van der Waals surface area (Å²) in [6, 6.07) is 9.64. The van der Waals surface area contributed by atoms with Crippen molar-refractivity contribution in [2.45, 2.75) is 0 Å². The van der Waals surface area contributed by atoms with E-state index in [2.05, 4.69) is 15.9 Å². The molecule has 1 amide bonds. The molecular weight excluding hydrogens is 418 g/mol. The standard InChI is InChI=1S/C18H14BrN3O5/c19-13-1-3-15(16(10-13)22(24)25)17-4-2-14(27-17)9-12(11-20)18(23)21-5-7-26-8-6-21/h1-4,9-10H,5-8H2. The van der Waals surface area contributed by atoms with Crippen molar-refractivity contribution in [3.8, 4) is 17.4 Å². The van der Waals surface area contributed by atoms with Crippen LogP contribution in [0.25, 0.3) is 17.4 Å². The van der Waals surface area contributed by atoms with Crippen LogP contribution in [0.4, 0.5) is 5.69 Å². The molecule has 0 atom stereocenters. The highest BCUT2D eigenvalue weighted by Gasteiger charge is 2.22. The third-order valence-electron chi connectivity index (χ3n) is 3.98. The highest BCUT2D eigenvalue weighted by Crippen LogP contribution is 2.33. The second kappa shape index (κ2) is 8.16. The maximum atomic E-state index is 12.4. The highest BCUT2D eigenvalue weighted by atomic mass is 79.9. The molecule has 1 aromatic carbocycles. The van der Waals surface area contributed by atoms with Crippen molar-refractivity contribution < 1.29 is 18.9 Å². The number of nitrogens with zero attached hydrogens (tertiary/aromatic N) is 3. The fourth-order valence-electron chi connectivity index (χ4n) is 2.66. The zero-order valence-corrected chi connectivity index (χ0v) is 15.6. The summed E-state index contributed by atoms with van der Waals surface area (Å²) in [4.78, 5) is 24.7. The Morgan fingerprint density at radius 3 is 2.70 bits per heavy atom. The molecule has 8 nitrogen and oxygen atoms in total. The van der Waals surface area contributed by atoms with Crippen LogP contribution in [0.1, 0.15) is 5.76 Å². The van der Waals surface area contributed by atoms with E-state index in [0.717, 1.165) is 0 Å². The average molecular weight is 432 g/mol. The van der Waals surface area contributed by atoms with Gasteiger partial charge in [-0.15, -0.1) is 0 Å². The van der Waals surface area contributed by atoms with Gasteiger partial charge in [-0.2, -0.15) is 5.26 Å². The van der Waals surface area contributed by atoms with Crippen molar-refractivity contribution in [1.82, 2.24) is 4.90 Å². The molecule has 0 bridgehead atoms. The lowest BCUT2D eigenvalue weighted by Crippen LogP contribution is -2.41. The number of nitro groups is 1. The number of furan rings is 1. The highest BCUT2D eigenvalue weighted by molar-refractivity contribution is 9.10. The van der Waals surface area contributed by atoms with E-state index >= 15 is 0 Å². The van der Waals surface area contributed by atoms with Crippen molar-refractivity contribution in [2.75, 3.05) is 26.3 Å². The van der Waals surface area contributed by atoms with E-state index in [1.807, 2.05) is 6.07 Å². The van der Waals surface area contributed by atoms with Crippen molar-refractivity contribution in [3.05, 3.63) is 56.3 Å². The van der Waals surface area contributed by atoms with Gasteiger partial charge in [0.15, 0.2) is 0 Å². The molecule has 1 saturated heterocycles. The van der Waals surface area contributed by atoms with E-state index in [4.69, 9.17) is 9.15 Å². The lowest BCUT2D eigenvalue weighted by Gasteiger charge is -2.26. The number of carbonyl (C=O) groups is 1. The Morgan fingerprint density at radius 1 is 1.30 bits per heavy atom. The first-order chi connectivity index (χ1) is 13.0. The van der Waals surface area contributed by atoms with Gasteiger partial charge in [0, 0.05) is 29.7 Å². The summed E-state index contributed by atoms with van der Waals surface area (Å²) in [5.74, 6) is 0.144. The van der Waals surface area contributed by atoms with E-state index in [1.165, 1.54) is 12.1 Å². The second-order valence-electron chi connectivity index (χ2n) is 5.69. The molecule has 3 rings (SSSR count). The van der Waals surface area contributed by atoms with E-state index in [-0.39, 0.29) is 22.8 Å². The van der Waals surface area contributed by atoms with Crippen molar-refractivity contribution >= 4 is 33.6 Å². The molecule has 1 aromatic heterocycles. The predicted molar refractivity (Wildman–Crippen MR) is 99.5 cm³/mol. The number of nitro benzene ring substituents is 1. The number of amides is 1. The van der Waals surface area contributed by atoms with Gasteiger partial charge in [-0.1, -0.05) is 15.9 Å². The SMILES string of the molecule is N#CC(=Cc1ccc(-c2ccc(Br)cc2[N+](=O)[O-])o1)C(=O)N1CCOCC1. The molecule has 0 N–H and O–H groups in total. The van der Waals surface area contributed by atoms with Crippen LogP contribution in [-0.2, 0) is 9.53 Å². The zero-order valence-electron chi connectivity index (χ0n) is 14.1. The van der Waals surface area contributed by atoms with Crippen LogP contribution in [-0.4, -0.2) is 42.0 Å². The van der Waals surface area contributed by atoms with Crippen LogP contribution < -0.4 is 0 Å². The van der Waals surface area contributed by atoms with Crippen LogP contribution in [0.15, 0.2) is 44.8 Å². The molecule has 1 aliphatic heterocycles. The van der Waals surface area contributed by atoms with Crippen LogP contribution in [0.3, 0.4) is 0 Å². The molecule has 1 fully saturated rings. The molecule has 0 unspecified atom stereocenters. The van der Waals surface area contributed by atoms with Gasteiger partial charge in [-0.25, -0.2) is 0 Å². The number of carbonyl (C=O) groups excluding carboxylic acids is 1. The molecule has 0 aliphatic carbocycles.